The summed E-state index contributed by atoms with van der Waals surface area (Å²) >= 11 is 2.90. The summed E-state index contributed by atoms with van der Waals surface area (Å²) in [5, 5.41) is 3.96. The zero-order valence-corrected chi connectivity index (χ0v) is 23.6. The van der Waals surface area contributed by atoms with E-state index in [9.17, 15) is 19.2 Å². The van der Waals surface area contributed by atoms with Crippen molar-refractivity contribution >= 4 is 46.9 Å². The fourth-order valence-corrected chi connectivity index (χ4v) is 6.89. The van der Waals surface area contributed by atoms with Crippen LogP contribution in [0.1, 0.15) is 36.0 Å². The molecule has 1 saturated heterocycles. The third kappa shape index (κ3) is 5.83. The number of benzene rings is 2. The molecule has 0 saturated carbocycles. The van der Waals surface area contributed by atoms with Gasteiger partial charge in [0.05, 0.1) is 6.42 Å². The average Bonchev–Trinajstić information content (AvgIpc) is 3.47. The minimum atomic E-state index is -0.781. The molecule has 10 heteroatoms. The van der Waals surface area contributed by atoms with E-state index < -0.39 is 35.4 Å². The summed E-state index contributed by atoms with van der Waals surface area (Å²) in [6.45, 7) is 3.02. The second kappa shape index (κ2) is 12.1. The monoisotopic (exact) mass is 576 g/mol. The Hall–Kier alpha value is -3.89. The smallest absolute Gasteiger partial charge is 0.356 e. The summed E-state index contributed by atoms with van der Waals surface area (Å²) in [6.07, 6.45) is -0.550. The number of nitrogens with one attached hydrogen (secondary N) is 1. The second-order valence-electron chi connectivity index (χ2n) is 9.44. The predicted octanol–water partition coefficient (Wildman–Crippen LogP) is 4.23. The van der Waals surface area contributed by atoms with E-state index in [2.05, 4.69) is 5.32 Å². The number of amides is 2. The lowest BCUT2D eigenvalue weighted by atomic mass is 9.99. The minimum absolute atomic E-state index is 0.0584. The first kappa shape index (κ1) is 27.7. The number of thioether (sulfide) groups is 1. The molecule has 2 aromatic carbocycles. The fourth-order valence-electron chi connectivity index (χ4n) is 4.75. The molecular formula is C30H28N2O6S2. The molecular weight excluding hydrogens is 548 g/mol. The van der Waals surface area contributed by atoms with Gasteiger partial charge in [-0.3, -0.25) is 19.3 Å². The Balaban J connectivity index is 1.43. The molecule has 206 valence electrons. The highest BCUT2D eigenvalue weighted by molar-refractivity contribution is 8.00. The molecule has 0 radical (unpaired) electrons. The van der Waals surface area contributed by atoms with Crippen LogP contribution >= 0.6 is 23.1 Å². The van der Waals surface area contributed by atoms with Gasteiger partial charge in [0.25, 0.3) is 5.91 Å². The van der Waals surface area contributed by atoms with E-state index in [1.165, 1.54) is 34.9 Å². The number of carbonyl (C=O) groups excluding carboxylic acids is 4. The van der Waals surface area contributed by atoms with Gasteiger partial charge in [-0.25, -0.2) is 4.79 Å². The van der Waals surface area contributed by atoms with Crippen LogP contribution in [0.3, 0.4) is 0 Å². The van der Waals surface area contributed by atoms with Crippen molar-refractivity contribution in [2.24, 2.45) is 0 Å². The Morgan fingerprint density at radius 2 is 1.62 bits per heavy atom. The van der Waals surface area contributed by atoms with Gasteiger partial charge in [0.15, 0.2) is 6.10 Å². The Kier molecular flexibility index (Phi) is 8.37. The first-order valence-electron chi connectivity index (χ1n) is 12.8. The fraction of sp³-hybridized carbons (Fsp3) is 0.267. The maximum absolute atomic E-state index is 13.9. The van der Waals surface area contributed by atoms with Crippen molar-refractivity contribution in [3.63, 3.8) is 0 Å². The summed E-state index contributed by atoms with van der Waals surface area (Å²) < 4.78 is 11.4. The van der Waals surface area contributed by atoms with Crippen molar-refractivity contribution in [3.05, 3.63) is 105 Å². The molecule has 3 heterocycles. The average molecular weight is 577 g/mol. The highest BCUT2D eigenvalue weighted by Gasteiger charge is 2.56. The Bertz CT molecular complexity index is 1390. The van der Waals surface area contributed by atoms with Crippen LogP contribution in [0.25, 0.3) is 0 Å². The molecule has 5 rings (SSSR count). The van der Waals surface area contributed by atoms with E-state index in [1.54, 1.807) is 0 Å². The first-order chi connectivity index (χ1) is 19.3. The minimum Gasteiger partial charge on any atom is -0.461 e. The summed E-state index contributed by atoms with van der Waals surface area (Å²) in [6, 6.07) is 21.6. The summed E-state index contributed by atoms with van der Waals surface area (Å²) in [5.41, 5.74) is 2.08. The molecule has 1 N–H and O–H groups in total. The van der Waals surface area contributed by atoms with Crippen LogP contribution in [-0.4, -0.2) is 51.9 Å². The molecule has 0 bridgehead atoms. The van der Waals surface area contributed by atoms with Crippen LogP contribution in [0.4, 0.5) is 0 Å². The number of esters is 2. The zero-order chi connectivity index (χ0) is 28.2. The molecule has 1 fully saturated rings. The van der Waals surface area contributed by atoms with E-state index in [4.69, 9.17) is 9.47 Å². The van der Waals surface area contributed by atoms with Gasteiger partial charge in [0.1, 0.15) is 23.7 Å². The summed E-state index contributed by atoms with van der Waals surface area (Å²) in [4.78, 5) is 53.9. The van der Waals surface area contributed by atoms with Gasteiger partial charge >= 0.3 is 11.9 Å². The summed E-state index contributed by atoms with van der Waals surface area (Å²) in [5.74, 6) is -1.87. The molecule has 0 spiro atoms. The number of thiophene rings is 1. The molecule has 1 aromatic heterocycles. The molecule has 3 aromatic rings. The van der Waals surface area contributed by atoms with Crippen LogP contribution in [0.15, 0.2) is 89.4 Å². The standard InChI is InChI=1S/C30H28N2O6S2/c1-18-23(17-37-19(2)33)26(30(36)38-27(20-10-5-3-6-11-20)21-12-7-4-8-13-21)32-28(35)25(29(32)40-18)31-24(34)16-22-14-9-15-39-22/h3-15,18,25,27,29H,16-17H2,1-2H3,(H,31,34)/t18-,25?,29+/m1/s1. The van der Waals surface area contributed by atoms with Crippen molar-refractivity contribution in [2.75, 3.05) is 6.61 Å². The lowest BCUT2D eigenvalue weighted by Crippen LogP contribution is -2.71. The highest BCUT2D eigenvalue weighted by atomic mass is 32.2. The van der Waals surface area contributed by atoms with E-state index in [-0.39, 0.29) is 29.9 Å². The topological polar surface area (TPSA) is 102 Å². The molecule has 1 unspecified atom stereocenters. The van der Waals surface area contributed by atoms with Crippen molar-refractivity contribution < 1.29 is 28.7 Å². The second-order valence-corrected chi connectivity index (χ2v) is 11.9. The van der Waals surface area contributed by atoms with Crippen LogP contribution in [-0.2, 0) is 35.1 Å². The number of hydrogen-bond donors (Lipinski definition) is 1. The van der Waals surface area contributed by atoms with Gasteiger partial charge in [0, 0.05) is 22.6 Å². The van der Waals surface area contributed by atoms with Gasteiger partial charge in [-0.15, -0.1) is 23.1 Å². The molecule has 40 heavy (non-hydrogen) atoms. The molecule has 2 amide bonds. The van der Waals surface area contributed by atoms with Gasteiger partial charge in [-0.1, -0.05) is 66.7 Å². The molecule has 2 aliphatic rings. The SMILES string of the molecule is CC(=O)OCC1=C(C(=O)OC(c2ccccc2)c2ccccc2)N2C(=O)C(NC(=O)Cc3cccs3)[C@@H]2S[C@@H]1C. The van der Waals surface area contributed by atoms with Crippen molar-refractivity contribution in [2.45, 2.75) is 43.0 Å². The van der Waals surface area contributed by atoms with Crippen molar-refractivity contribution in [1.29, 1.82) is 0 Å². The number of ether oxygens (including phenoxy) is 2. The number of nitrogens with zero attached hydrogens (tertiary/aromatic N) is 1. The third-order valence-corrected chi connectivity index (χ3v) is 9.04. The lowest BCUT2D eigenvalue weighted by molar-refractivity contribution is -0.155. The zero-order valence-electron chi connectivity index (χ0n) is 21.9. The number of rotatable bonds is 9. The first-order valence-corrected chi connectivity index (χ1v) is 14.6. The summed E-state index contributed by atoms with van der Waals surface area (Å²) in [7, 11) is 0. The van der Waals surface area contributed by atoms with E-state index in [1.807, 2.05) is 85.1 Å². The van der Waals surface area contributed by atoms with E-state index in [0.29, 0.717) is 5.57 Å². The highest BCUT2D eigenvalue weighted by Crippen LogP contribution is 2.45. The van der Waals surface area contributed by atoms with Gasteiger partial charge in [-0.05, 0) is 29.5 Å². The predicted molar refractivity (Wildman–Crippen MR) is 152 cm³/mol. The lowest BCUT2D eigenvalue weighted by Gasteiger charge is -2.51. The van der Waals surface area contributed by atoms with Crippen LogP contribution in [0.5, 0.6) is 0 Å². The van der Waals surface area contributed by atoms with Gasteiger partial charge in [-0.2, -0.15) is 0 Å². The van der Waals surface area contributed by atoms with Crippen molar-refractivity contribution in [1.82, 2.24) is 10.2 Å². The van der Waals surface area contributed by atoms with E-state index >= 15 is 0 Å². The van der Waals surface area contributed by atoms with E-state index in [0.717, 1.165) is 16.0 Å². The van der Waals surface area contributed by atoms with Gasteiger partial charge in [0.2, 0.25) is 5.91 Å². The molecule has 3 atom stereocenters. The van der Waals surface area contributed by atoms with Crippen LogP contribution < -0.4 is 5.32 Å². The number of fused-ring (bicyclic) bond motifs is 1. The quantitative estimate of drug-likeness (QED) is 0.301. The maximum Gasteiger partial charge on any atom is 0.356 e. The normalized spacial score (nSPS) is 20.0. The maximum atomic E-state index is 13.9. The Labute approximate surface area is 240 Å². The van der Waals surface area contributed by atoms with Crippen molar-refractivity contribution in [3.8, 4) is 0 Å². The number of hydrogen-bond acceptors (Lipinski definition) is 8. The molecule has 2 aliphatic heterocycles. The van der Waals surface area contributed by atoms with Gasteiger partial charge < -0.3 is 14.8 Å². The molecule has 0 aliphatic carbocycles. The number of carbonyl (C=O) groups is 4. The Morgan fingerprint density at radius 1 is 0.975 bits per heavy atom. The third-order valence-electron chi connectivity index (χ3n) is 6.71. The largest absolute Gasteiger partial charge is 0.461 e. The van der Waals surface area contributed by atoms with Crippen LogP contribution in [0, 0.1) is 0 Å². The Morgan fingerprint density at radius 3 is 2.20 bits per heavy atom. The van der Waals surface area contributed by atoms with Crippen LogP contribution in [0.2, 0.25) is 0 Å². The number of β-lactam (4-membered cyclic amide) rings is 1. The molecule has 8 nitrogen and oxygen atoms in total.